The predicted octanol–water partition coefficient (Wildman–Crippen LogP) is -3.61. The molecule has 728 valence electrons. The molecule has 3 aromatic carbocycles. The lowest BCUT2D eigenvalue weighted by atomic mass is 9.99. The number of para-hydroxylation sites is 2. The van der Waals surface area contributed by atoms with E-state index in [-0.39, 0.29) is 63.7 Å². The number of nitrogens with zero attached hydrogens (tertiary/aromatic N) is 5. The van der Waals surface area contributed by atoms with Gasteiger partial charge in [-0.15, -0.1) is 11.8 Å². The van der Waals surface area contributed by atoms with Crippen molar-refractivity contribution in [3.05, 3.63) is 102 Å². The number of carboxylic acid groups (broad SMARTS) is 3. The second-order valence-electron chi connectivity index (χ2n) is 33.4. The molecule has 3 aliphatic rings. The average molecular weight is 1890 g/mol. The Balaban J connectivity index is 1.21. The first-order valence-electron chi connectivity index (χ1n) is 44.0. The van der Waals surface area contributed by atoms with E-state index in [4.69, 9.17) is 11.5 Å². The van der Waals surface area contributed by atoms with Gasteiger partial charge in [-0.25, -0.2) is 0 Å². The van der Waals surface area contributed by atoms with Crippen molar-refractivity contribution in [1.82, 2.24) is 87.6 Å². The number of phenols is 1. The first-order chi connectivity index (χ1) is 63.6. The molecule has 3 fully saturated rings. The molecule has 3 aliphatic heterocycles. The van der Waals surface area contributed by atoms with E-state index in [2.05, 4.69) is 63.1 Å². The number of nitrogens with one attached hydrogen (secondary N) is 12. The van der Waals surface area contributed by atoms with Gasteiger partial charge in [0.15, 0.2) is 0 Å². The Bertz CT molecular complexity index is 5130. The molecule has 46 heteroatoms. The van der Waals surface area contributed by atoms with E-state index in [1.807, 2.05) is 0 Å². The summed E-state index contributed by atoms with van der Waals surface area (Å²) in [7, 11) is 3.67. The summed E-state index contributed by atoms with van der Waals surface area (Å²) in [6.45, 7) is 1.87. The van der Waals surface area contributed by atoms with Crippen LogP contribution in [0.1, 0.15) is 140 Å². The lowest BCUT2D eigenvalue weighted by Gasteiger charge is -2.36. The number of unbranched alkanes of at least 4 members (excludes halogenated alkanes) is 2. The fourth-order valence-electron chi connectivity index (χ4n) is 16.1. The van der Waals surface area contributed by atoms with Gasteiger partial charge in [-0.1, -0.05) is 88.1 Å². The predicted molar refractivity (Wildman–Crippen MR) is 479 cm³/mol. The van der Waals surface area contributed by atoms with Crippen molar-refractivity contribution in [3.63, 3.8) is 0 Å². The summed E-state index contributed by atoms with van der Waals surface area (Å²) < 4.78 is 0. The molecule has 0 spiro atoms. The number of aromatic hydroxyl groups is 1. The number of nitrogens with two attached hydrogens (primary N) is 2. The highest BCUT2D eigenvalue weighted by Crippen LogP contribution is 2.28. The Labute approximate surface area is 773 Å². The molecule has 5 heterocycles. The minimum Gasteiger partial charge on any atom is -0.508 e. The Kier molecular flexibility index (Phi) is 39.5. The zero-order valence-electron chi connectivity index (χ0n) is 75.1. The molecule has 5 aromatic rings. The van der Waals surface area contributed by atoms with Crippen LogP contribution in [0.3, 0.4) is 0 Å². The summed E-state index contributed by atoms with van der Waals surface area (Å²) in [5, 5.41) is 88.4. The molecule has 0 unspecified atom stereocenters. The summed E-state index contributed by atoms with van der Waals surface area (Å²) in [5.74, 6) is -24.2. The van der Waals surface area contributed by atoms with Gasteiger partial charge in [0.1, 0.15) is 90.3 Å². The first kappa shape index (κ1) is 106. The standard InChI is InChI=1S/C88H119N19O26S/c1-7-9-20-65-81(126)96-57(28-31-73(116)117)78(123)102-64(76(121)93-41-70(90)112)44-134-45-71(113)94-60(34-47-23-25-50(109)26-24-47)84(129)103(4)46(3)75(120)99-62(38-69(89)111)87(132)106-33-15-22-66(106)82(127)101-63(43-108)80(125)97-58(29-32-74(118)119)86(131)107-42-51(110)37-68(107)83(128)98-59(35-48-39-91-54-18-13-11-16-52(48)54)79(124)95-56(27-30-72(114)115)77(122)100-61(36-49-40-92-55-19-14-12-17-53(49)55)85(130)105(6)67(21-10-8-2)88(133)104(65)5/h11-14,16-19,23-26,39-40,46,51,56-68,91-92,108-110H,7-10,15,20-22,27-38,41-45H2,1-6H3,(H2,89,111)(H2,90,112)(H,93,121)(H,94,113)(H,95,124)(H,96,126)(H,97,125)(H,98,128)(H,99,120)(H,100,122)(H,101,127)(H,102,123)(H,114,115)(H,116,117)(H,118,119)/t46-,51+,56-,57-,58-,59-,60-,61-,62+,63-,64-,65-,66-,67-,68-/m0/s1. The number of amides is 17. The van der Waals surface area contributed by atoms with Crippen LogP contribution in [0, 0.1) is 0 Å². The normalized spacial score (nSPS) is 24.8. The third-order valence-electron chi connectivity index (χ3n) is 23.6. The molecule has 0 aliphatic carbocycles. The molecule has 15 atom stereocenters. The number of hydrogen-bond acceptors (Lipinski definition) is 24. The average Bonchev–Trinajstić information content (AvgIpc) is 1.55. The third kappa shape index (κ3) is 29.6. The van der Waals surface area contributed by atoms with Crippen molar-refractivity contribution >= 4 is 152 Å². The number of aliphatic hydroxyl groups is 2. The number of aromatic nitrogens is 2. The Morgan fingerprint density at radius 1 is 0.485 bits per heavy atom. The van der Waals surface area contributed by atoms with Crippen LogP contribution in [0.25, 0.3) is 21.8 Å². The number of carbonyl (C=O) groups excluding carboxylic acids is 17. The molecule has 3 saturated heterocycles. The van der Waals surface area contributed by atoms with E-state index >= 15 is 33.6 Å². The fraction of sp³-hybridized carbons (Fsp3) is 0.523. The van der Waals surface area contributed by atoms with Crippen LogP contribution in [0.15, 0.2) is 85.2 Å². The van der Waals surface area contributed by atoms with Gasteiger partial charge in [-0.3, -0.25) is 95.9 Å². The van der Waals surface area contributed by atoms with Gasteiger partial charge in [-0.05, 0) is 92.8 Å². The smallest absolute Gasteiger partial charge is 0.303 e. The van der Waals surface area contributed by atoms with E-state index in [9.17, 15) is 93.0 Å². The number of thioether (sulfide) groups is 1. The zero-order chi connectivity index (χ0) is 98.5. The maximum atomic E-state index is 15.8. The van der Waals surface area contributed by atoms with Crippen molar-refractivity contribution in [2.45, 2.75) is 233 Å². The summed E-state index contributed by atoms with van der Waals surface area (Å²) in [5.41, 5.74) is 13.3. The van der Waals surface area contributed by atoms with Gasteiger partial charge < -0.3 is 130 Å². The number of benzene rings is 3. The number of likely N-dealkylation sites (N-methyl/N-ethyl adjacent to an activating group) is 3. The Morgan fingerprint density at radius 2 is 0.955 bits per heavy atom. The molecule has 8 rings (SSSR count). The number of aliphatic carboxylic acids is 3. The highest BCUT2D eigenvalue weighted by Gasteiger charge is 2.47. The topological polar surface area (TPSA) is 683 Å². The van der Waals surface area contributed by atoms with Gasteiger partial charge in [0.25, 0.3) is 0 Å². The molecule has 45 nitrogen and oxygen atoms in total. The second kappa shape index (κ2) is 50.2. The number of aromatic amines is 2. The summed E-state index contributed by atoms with van der Waals surface area (Å²) in [6.07, 6.45) is -4.49. The molecule has 22 N–H and O–H groups in total. The van der Waals surface area contributed by atoms with Crippen molar-refractivity contribution in [3.8, 4) is 5.75 Å². The maximum Gasteiger partial charge on any atom is 0.303 e. The number of aliphatic hydroxyl groups excluding tert-OH is 2. The third-order valence-corrected chi connectivity index (χ3v) is 24.6. The minimum absolute atomic E-state index is 0.0812. The number of phenolic OH excluding ortho intramolecular Hbond substituents is 1. The van der Waals surface area contributed by atoms with Crippen LogP contribution >= 0.6 is 11.8 Å². The van der Waals surface area contributed by atoms with Gasteiger partial charge in [0, 0.05) is 119 Å². The van der Waals surface area contributed by atoms with Crippen LogP contribution in [-0.2, 0) is 115 Å². The zero-order valence-corrected chi connectivity index (χ0v) is 75.9. The van der Waals surface area contributed by atoms with Crippen LogP contribution in [-0.4, -0.2) is 333 Å². The van der Waals surface area contributed by atoms with Crippen molar-refractivity contribution in [2.24, 2.45) is 11.5 Å². The number of H-pyrrole nitrogens is 2. The van der Waals surface area contributed by atoms with Crippen LogP contribution in [0.4, 0.5) is 0 Å². The quantitative estimate of drug-likeness (QED) is 0.0241. The molecule has 17 amide bonds. The Hall–Kier alpha value is -13.8. The molecule has 134 heavy (non-hydrogen) atoms. The van der Waals surface area contributed by atoms with Crippen molar-refractivity contribution < 1.29 is 127 Å². The fourth-order valence-corrected chi connectivity index (χ4v) is 16.9. The van der Waals surface area contributed by atoms with Crippen LogP contribution < -0.4 is 64.6 Å². The summed E-state index contributed by atoms with van der Waals surface area (Å²) in [6, 6.07) is -5.21. The van der Waals surface area contributed by atoms with Crippen molar-refractivity contribution in [2.75, 3.05) is 58.9 Å². The lowest BCUT2D eigenvalue weighted by Crippen LogP contribution is -2.61. The van der Waals surface area contributed by atoms with E-state index in [0.29, 0.717) is 63.1 Å². The monoisotopic (exact) mass is 1890 g/mol. The number of hydrogen-bond donors (Lipinski definition) is 20. The van der Waals surface area contributed by atoms with E-state index in [1.54, 1.807) is 68.6 Å². The second-order valence-corrected chi connectivity index (χ2v) is 34.4. The van der Waals surface area contributed by atoms with Crippen molar-refractivity contribution in [1.29, 1.82) is 0 Å². The van der Waals surface area contributed by atoms with Gasteiger partial charge in [0.2, 0.25) is 100 Å². The summed E-state index contributed by atoms with van der Waals surface area (Å²) >= 11 is 0.677. The molecule has 0 bridgehead atoms. The van der Waals surface area contributed by atoms with E-state index in [0.717, 1.165) is 31.5 Å². The highest BCUT2D eigenvalue weighted by molar-refractivity contribution is 8.00. The minimum atomic E-state index is -2.00. The van der Waals surface area contributed by atoms with Crippen LogP contribution in [0.5, 0.6) is 5.75 Å². The largest absolute Gasteiger partial charge is 0.508 e. The van der Waals surface area contributed by atoms with E-state index < -0.39 is 298 Å². The number of fused-ring (bicyclic) bond motifs is 4. The van der Waals surface area contributed by atoms with Gasteiger partial charge >= 0.3 is 17.9 Å². The lowest BCUT2D eigenvalue weighted by molar-refractivity contribution is -0.149. The SMILES string of the molecule is CCCC[C@H]1C(=O)N(C)[C@@H](CCCC)C(=O)N[C@@H](CCC(=O)O)C(=O)N[C@H](C(=O)NCC(N)=O)CSCC(=O)N[C@@H](Cc2ccc(O)cc2)C(=O)N(C)[C@@H](C)C(=O)N[C@H](CC(N)=O)C(=O)N2CCC[C@H]2C(=O)N[C@@H](CO)C(=O)N[C@@H](CCC(=O)O)C(=O)N2C[C@H](O)C[C@H]2C(=O)N[C@@H](Cc2c[nH]c3ccccc23)C(=O)N[C@@H](CCC(=O)O)C(=O)N[C@@H](Cc2c[nH]c3ccccc23)C(=O)N1C. The molecule has 2 aromatic heterocycles. The highest BCUT2D eigenvalue weighted by atomic mass is 32.2. The summed E-state index contributed by atoms with van der Waals surface area (Å²) in [4.78, 5) is 296. The Morgan fingerprint density at radius 3 is 1.52 bits per heavy atom. The van der Waals surface area contributed by atoms with Gasteiger partial charge in [0.05, 0.1) is 31.4 Å². The van der Waals surface area contributed by atoms with Gasteiger partial charge in [-0.2, -0.15) is 0 Å². The number of carboxylic acids is 3. The molecular formula is C88H119N19O26S. The molecular weight excluding hydrogens is 1770 g/mol. The number of primary amides is 2. The number of carbonyl (C=O) groups is 20. The molecule has 0 saturated carbocycles. The molecule has 0 radical (unpaired) electrons. The first-order valence-corrected chi connectivity index (χ1v) is 45.2. The maximum absolute atomic E-state index is 15.8. The van der Waals surface area contributed by atoms with E-state index in [1.165, 1.54) is 51.5 Å². The number of rotatable bonds is 27. The van der Waals surface area contributed by atoms with Crippen LogP contribution in [0.2, 0.25) is 0 Å².